The molecule has 3 aliphatic heterocycles. The summed E-state index contributed by atoms with van der Waals surface area (Å²) >= 11 is 6.25. The molecular formula is C48H55ClN8O8S. The highest BCUT2D eigenvalue weighted by Crippen LogP contribution is 2.44. The number of likely N-dealkylation sites (tertiary alicyclic amines) is 1. The summed E-state index contributed by atoms with van der Waals surface area (Å²) in [6, 6.07) is 18.6. The molecule has 5 aromatic rings. The number of hydrogen-bond acceptors (Lipinski definition) is 13. The summed E-state index contributed by atoms with van der Waals surface area (Å²) in [6.45, 7) is 12.3. The van der Waals surface area contributed by atoms with E-state index < -0.39 is 37.0 Å². The van der Waals surface area contributed by atoms with Crippen molar-refractivity contribution < 1.29 is 32.7 Å². The zero-order chi connectivity index (χ0) is 46.4. The first-order chi connectivity index (χ1) is 31.5. The minimum atomic E-state index is -4.68. The first-order valence-corrected chi connectivity index (χ1v) is 24.3. The van der Waals surface area contributed by atoms with Crippen LogP contribution in [-0.2, 0) is 10.0 Å². The molecule has 5 heterocycles. The number of nitro groups is 1. The third-order valence-electron chi connectivity index (χ3n) is 13.3. The molecule has 9 rings (SSSR count). The van der Waals surface area contributed by atoms with Crippen LogP contribution in [0.5, 0.6) is 17.2 Å². The van der Waals surface area contributed by atoms with Crippen molar-refractivity contribution >= 4 is 61.2 Å². The van der Waals surface area contributed by atoms with Crippen LogP contribution in [0.3, 0.4) is 0 Å². The molecule has 18 heteroatoms. The summed E-state index contributed by atoms with van der Waals surface area (Å²) in [6.07, 6.45) is 7.65. The number of allylic oxidation sites excluding steroid dienone is 1. The zero-order valence-electron chi connectivity index (χ0n) is 37.3. The number of nitrogens with zero attached hydrogens (tertiary/aromatic N) is 5. The highest BCUT2D eigenvalue weighted by atomic mass is 35.5. The van der Waals surface area contributed by atoms with Crippen LogP contribution in [0.1, 0.15) is 68.8 Å². The number of H-pyrrole nitrogens is 1. The van der Waals surface area contributed by atoms with Crippen LogP contribution < -0.4 is 24.4 Å². The van der Waals surface area contributed by atoms with E-state index in [2.05, 4.69) is 60.7 Å². The van der Waals surface area contributed by atoms with E-state index in [0.717, 1.165) is 61.1 Å². The minimum Gasteiger partial charge on any atom is -0.489 e. The second kappa shape index (κ2) is 18.2. The van der Waals surface area contributed by atoms with Crippen molar-refractivity contribution in [3.8, 4) is 17.2 Å². The Balaban J connectivity index is 0.929. The fraction of sp³-hybridized carbons (Fsp3) is 0.417. The van der Waals surface area contributed by atoms with Crippen LogP contribution in [0.15, 0.2) is 89.6 Å². The fourth-order valence-electron chi connectivity index (χ4n) is 9.41. The Kier molecular flexibility index (Phi) is 12.5. The number of nitrogens with one attached hydrogen (secondary N) is 3. The first kappa shape index (κ1) is 45.4. The van der Waals surface area contributed by atoms with Gasteiger partial charge in [-0.2, -0.15) is 0 Å². The van der Waals surface area contributed by atoms with E-state index in [9.17, 15) is 28.4 Å². The van der Waals surface area contributed by atoms with E-state index in [1.165, 1.54) is 35.0 Å². The molecule has 16 nitrogen and oxygen atoms in total. The number of carbonyl (C=O) groups excluding carboxylic acids is 1. The molecule has 0 radical (unpaired) electrons. The molecule has 3 aromatic carbocycles. The number of ether oxygens (including phenoxy) is 2. The SMILES string of the molecule is CC1(C)CCC(CN2CCN(c3ccc(C(=O)NS(=O)(=O)c4cc5c(c([N+](=O)[O-])c4)N[C@H](CN4CCC(C)(O)CC4)CO5)c(Oc4cnc5[nH]ccc5c4)c3)CC2)=C(c2ccc(Cl)cc2)C1. The number of aromatic amines is 1. The van der Waals surface area contributed by atoms with Crippen LogP contribution in [0.4, 0.5) is 17.1 Å². The van der Waals surface area contributed by atoms with Crippen LogP contribution in [0.25, 0.3) is 16.6 Å². The van der Waals surface area contributed by atoms with E-state index >= 15 is 0 Å². The Bertz CT molecular complexity index is 2790. The number of halogens is 1. The number of piperidine rings is 1. The number of anilines is 2. The van der Waals surface area contributed by atoms with Gasteiger partial charge >= 0.3 is 0 Å². The second-order valence-corrected chi connectivity index (χ2v) is 21.1. The standard InChI is InChI=1S/C48H55ClN8O8S/c1-47(2)12-10-33(40(26-47)31-4-6-34(49)7-5-31)28-55-18-20-56(21-19-55)36-8-9-39(42(23-36)65-37-22-32-11-15-50-45(32)51-27-37)46(58)53-66(62,63)38-24-41(57(60)61)44-43(25-38)64-30-35(52-44)29-54-16-13-48(3,59)14-17-54/h4-9,11,15,22-25,27,35,52,59H,10,12-14,16-21,26,28-30H2,1-3H3,(H,50,51)(H,53,58)/t35-/m1/s1. The topological polar surface area (TPSA) is 195 Å². The van der Waals surface area contributed by atoms with Gasteiger partial charge in [0.05, 0.1) is 33.2 Å². The molecule has 66 heavy (non-hydrogen) atoms. The largest absolute Gasteiger partial charge is 0.489 e. The number of amides is 1. The molecule has 0 spiro atoms. The van der Waals surface area contributed by atoms with E-state index in [4.69, 9.17) is 21.1 Å². The summed E-state index contributed by atoms with van der Waals surface area (Å²) in [5.74, 6) is -0.564. The lowest BCUT2D eigenvalue weighted by molar-refractivity contribution is -0.384. The normalized spacial score (nSPS) is 20.0. The Morgan fingerprint density at radius 2 is 1.76 bits per heavy atom. The van der Waals surface area contributed by atoms with Gasteiger partial charge in [0.25, 0.3) is 21.6 Å². The van der Waals surface area contributed by atoms with Gasteiger partial charge < -0.3 is 34.7 Å². The van der Waals surface area contributed by atoms with Gasteiger partial charge in [0, 0.05) is 92.9 Å². The van der Waals surface area contributed by atoms with Gasteiger partial charge in [0.2, 0.25) is 0 Å². The first-order valence-electron chi connectivity index (χ1n) is 22.4. The number of benzene rings is 3. The average molecular weight is 940 g/mol. The molecule has 2 aromatic heterocycles. The third kappa shape index (κ3) is 10.1. The number of rotatable bonds is 12. The Morgan fingerprint density at radius 1 is 1.00 bits per heavy atom. The predicted octanol–water partition coefficient (Wildman–Crippen LogP) is 7.84. The van der Waals surface area contributed by atoms with Crippen molar-refractivity contribution in [3.05, 3.63) is 111 Å². The third-order valence-corrected chi connectivity index (χ3v) is 14.9. The maximum atomic E-state index is 14.1. The van der Waals surface area contributed by atoms with Gasteiger partial charge in [0.15, 0.2) is 11.4 Å². The van der Waals surface area contributed by atoms with Crippen molar-refractivity contribution in [2.45, 2.75) is 69.4 Å². The van der Waals surface area contributed by atoms with Gasteiger partial charge in [-0.3, -0.25) is 19.8 Å². The molecule has 0 bridgehead atoms. The van der Waals surface area contributed by atoms with Crippen molar-refractivity contribution in [3.63, 3.8) is 0 Å². The lowest BCUT2D eigenvalue weighted by Gasteiger charge is -2.39. The minimum absolute atomic E-state index is 0.0163. The maximum Gasteiger partial charge on any atom is 0.297 e. The number of sulfonamides is 1. The monoisotopic (exact) mass is 938 g/mol. The Morgan fingerprint density at radius 3 is 2.50 bits per heavy atom. The van der Waals surface area contributed by atoms with Crippen molar-refractivity contribution in [1.29, 1.82) is 0 Å². The number of piperazine rings is 1. The number of hydrogen-bond donors (Lipinski definition) is 4. The van der Waals surface area contributed by atoms with E-state index in [-0.39, 0.29) is 40.8 Å². The predicted molar refractivity (Wildman–Crippen MR) is 254 cm³/mol. The number of pyridine rings is 1. The second-order valence-electron chi connectivity index (χ2n) is 19.0. The maximum absolute atomic E-state index is 14.1. The zero-order valence-corrected chi connectivity index (χ0v) is 38.9. The Hall–Kier alpha value is -5.72. The van der Waals surface area contributed by atoms with Crippen LogP contribution >= 0.6 is 11.6 Å². The van der Waals surface area contributed by atoms with Crippen molar-refractivity contribution in [1.82, 2.24) is 24.5 Å². The average Bonchev–Trinajstić information content (AvgIpc) is 3.76. The van der Waals surface area contributed by atoms with Crippen molar-refractivity contribution in [2.75, 3.05) is 69.2 Å². The summed E-state index contributed by atoms with van der Waals surface area (Å²) < 4.78 is 42.3. The Labute approximate surface area is 389 Å². The molecule has 2 fully saturated rings. The van der Waals surface area contributed by atoms with Crippen molar-refractivity contribution in [2.24, 2.45) is 5.41 Å². The smallest absolute Gasteiger partial charge is 0.297 e. The number of nitro benzene ring substituents is 1. The van der Waals surface area contributed by atoms with Gasteiger partial charge in [-0.05, 0) is 92.0 Å². The van der Waals surface area contributed by atoms with Gasteiger partial charge in [-0.1, -0.05) is 43.2 Å². The molecule has 1 amide bonds. The number of carbonyl (C=O) groups is 1. The molecule has 0 saturated carbocycles. The summed E-state index contributed by atoms with van der Waals surface area (Å²) in [5, 5.41) is 27.4. The molecule has 348 valence electrons. The summed E-state index contributed by atoms with van der Waals surface area (Å²) in [7, 11) is -4.68. The molecule has 4 N–H and O–H groups in total. The van der Waals surface area contributed by atoms with Crippen LogP contribution in [0, 0.1) is 15.5 Å². The molecular weight excluding hydrogens is 884 g/mol. The lowest BCUT2D eigenvalue weighted by Crippen LogP contribution is -2.48. The number of aromatic nitrogens is 2. The van der Waals surface area contributed by atoms with Gasteiger partial charge in [-0.25, -0.2) is 18.1 Å². The van der Waals surface area contributed by atoms with Crippen LogP contribution in [0.2, 0.25) is 5.02 Å². The molecule has 0 unspecified atom stereocenters. The highest BCUT2D eigenvalue weighted by Gasteiger charge is 2.35. The van der Waals surface area contributed by atoms with Gasteiger partial charge in [0.1, 0.15) is 23.8 Å². The number of aliphatic hydroxyl groups is 1. The van der Waals surface area contributed by atoms with Crippen LogP contribution in [-0.4, -0.2) is 115 Å². The quantitative estimate of drug-likeness (QED) is 0.0699. The number of fused-ring (bicyclic) bond motifs is 2. The lowest BCUT2D eigenvalue weighted by atomic mass is 9.72. The summed E-state index contributed by atoms with van der Waals surface area (Å²) in [4.78, 5) is 39.6. The van der Waals surface area contributed by atoms with E-state index in [1.807, 2.05) is 25.1 Å². The molecule has 1 atom stereocenters. The molecule has 4 aliphatic rings. The van der Waals surface area contributed by atoms with Gasteiger partial charge in [-0.15, -0.1) is 0 Å². The molecule has 2 saturated heterocycles. The highest BCUT2D eigenvalue weighted by molar-refractivity contribution is 7.90. The van der Waals surface area contributed by atoms with E-state index in [0.29, 0.717) is 57.0 Å². The fourth-order valence-corrected chi connectivity index (χ4v) is 10.5. The summed E-state index contributed by atoms with van der Waals surface area (Å²) in [5.41, 5.74) is 4.51. The molecule has 1 aliphatic carbocycles. The van der Waals surface area contributed by atoms with E-state index in [1.54, 1.807) is 24.4 Å².